The number of furan rings is 1. The van der Waals surface area contributed by atoms with Gasteiger partial charge in [-0.05, 0) is 23.7 Å². The first-order valence-corrected chi connectivity index (χ1v) is 5.42. The van der Waals surface area contributed by atoms with Gasteiger partial charge in [0, 0.05) is 17.7 Å². The van der Waals surface area contributed by atoms with E-state index < -0.39 is 7.12 Å². The van der Waals surface area contributed by atoms with Crippen molar-refractivity contribution in [3.63, 3.8) is 0 Å². The molecule has 0 radical (unpaired) electrons. The minimum absolute atomic E-state index is 0.227. The van der Waals surface area contributed by atoms with Crippen LogP contribution < -0.4 is 10.8 Å². The van der Waals surface area contributed by atoms with E-state index in [1.165, 1.54) is 12.1 Å². The Morgan fingerprint density at radius 2 is 1.94 bits per heavy atom. The summed E-state index contributed by atoms with van der Waals surface area (Å²) in [7, 11) is -1.52. The van der Waals surface area contributed by atoms with E-state index in [0.29, 0.717) is 17.6 Å². The molecule has 6 heteroatoms. The molecule has 0 bridgehead atoms. The van der Waals surface area contributed by atoms with Crippen LogP contribution in [0.3, 0.4) is 0 Å². The fraction of sp³-hybridized carbons (Fsp3) is 0.0833. The second kappa shape index (κ2) is 5.53. The summed E-state index contributed by atoms with van der Waals surface area (Å²) in [5.74, 6) is -0.227. The molecule has 0 saturated carbocycles. The first-order valence-electron chi connectivity index (χ1n) is 5.42. The highest BCUT2D eigenvalue weighted by Gasteiger charge is 2.11. The summed E-state index contributed by atoms with van der Waals surface area (Å²) in [6.45, 7) is 0.389. The SMILES string of the molecule is O=C(NCc1ccoc1)c1ccc(B(O)O)cc1. The van der Waals surface area contributed by atoms with Crippen molar-refractivity contribution in [2.24, 2.45) is 0 Å². The monoisotopic (exact) mass is 245 g/mol. The lowest BCUT2D eigenvalue weighted by molar-refractivity contribution is 0.0951. The third-order valence-electron chi connectivity index (χ3n) is 2.50. The molecule has 0 spiro atoms. The van der Waals surface area contributed by atoms with Crippen LogP contribution in [0.1, 0.15) is 15.9 Å². The lowest BCUT2D eigenvalue weighted by Crippen LogP contribution is -2.30. The Hall–Kier alpha value is -2.05. The summed E-state index contributed by atoms with van der Waals surface area (Å²) in [6.07, 6.45) is 3.10. The van der Waals surface area contributed by atoms with Crippen molar-refractivity contribution in [3.8, 4) is 0 Å². The minimum atomic E-state index is -1.52. The second-order valence-electron chi connectivity index (χ2n) is 3.81. The summed E-state index contributed by atoms with van der Waals surface area (Å²) < 4.78 is 4.89. The van der Waals surface area contributed by atoms with Gasteiger partial charge in [0.15, 0.2) is 0 Å². The summed E-state index contributed by atoms with van der Waals surface area (Å²) in [5, 5.41) is 20.6. The number of hydrogen-bond acceptors (Lipinski definition) is 4. The van der Waals surface area contributed by atoms with Gasteiger partial charge in [-0.25, -0.2) is 0 Å². The molecule has 3 N–H and O–H groups in total. The first kappa shape index (κ1) is 12.4. The van der Waals surface area contributed by atoms with E-state index >= 15 is 0 Å². The zero-order valence-corrected chi connectivity index (χ0v) is 9.54. The number of hydrogen-bond donors (Lipinski definition) is 3. The van der Waals surface area contributed by atoms with Gasteiger partial charge in [-0.15, -0.1) is 0 Å². The van der Waals surface area contributed by atoms with Gasteiger partial charge >= 0.3 is 7.12 Å². The van der Waals surface area contributed by atoms with E-state index in [4.69, 9.17) is 14.5 Å². The standard InChI is InChI=1S/C12H12BNO4/c15-12(14-7-9-5-6-18-8-9)10-1-3-11(4-2-10)13(16)17/h1-6,8,16-17H,7H2,(H,14,15). The van der Waals surface area contributed by atoms with E-state index in [2.05, 4.69) is 5.32 Å². The van der Waals surface area contributed by atoms with Crippen molar-refractivity contribution < 1.29 is 19.3 Å². The van der Waals surface area contributed by atoms with Crippen molar-refractivity contribution in [1.82, 2.24) is 5.32 Å². The summed E-state index contributed by atoms with van der Waals surface area (Å²) in [5.41, 5.74) is 1.69. The van der Waals surface area contributed by atoms with Crippen molar-refractivity contribution >= 4 is 18.5 Å². The van der Waals surface area contributed by atoms with Crippen molar-refractivity contribution in [1.29, 1.82) is 0 Å². The van der Waals surface area contributed by atoms with E-state index in [1.54, 1.807) is 30.7 Å². The highest BCUT2D eigenvalue weighted by Crippen LogP contribution is 2.01. The highest BCUT2D eigenvalue weighted by atomic mass is 16.4. The van der Waals surface area contributed by atoms with Crippen LogP contribution in [0.25, 0.3) is 0 Å². The Morgan fingerprint density at radius 1 is 1.22 bits per heavy atom. The normalized spacial score (nSPS) is 10.1. The van der Waals surface area contributed by atoms with Crippen LogP contribution in [0, 0.1) is 0 Å². The molecule has 18 heavy (non-hydrogen) atoms. The number of amides is 1. The van der Waals surface area contributed by atoms with Crippen LogP contribution in [-0.2, 0) is 6.54 Å². The second-order valence-corrected chi connectivity index (χ2v) is 3.81. The van der Waals surface area contributed by atoms with Crippen LogP contribution in [0.4, 0.5) is 0 Å². The maximum atomic E-state index is 11.8. The third-order valence-corrected chi connectivity index (χ3v) is 2.50. The molecule has 2 aromatic rings. The van der Waals surface area contributed by atoms with Crippen molar-refractivity contribution in [3.05, 3.63) is 54.0 Å². The molecule has 2 rings (SSSR count). The van der Waals surface area contributed by atoms with Crippen LogP contribution in [-0.4, -0.2) is 23.1 Å². The molecule has 0 fully saturated rings. The Bertz CT molecular complexity index is 507. The Morgan fingerprint density at radius 3 is 2.50 bits per heavy atom. The molecule has 5 nitrogen and oxygen atoms in total. The molecule has 0 aliphatic rings. The van der Waals surface area contributed by atoms with Gasteiger partial charge in [0.05, 0.1) is 12.5 Å². The maximum Gasteiger partial charge on any atom is 0.488 e. The van der Waals surface area contributed by atoms with Crippen LogP contribution in [0.2, 0.25) is 0 Å². The third kappa shape index (κ3) is 3.00. The van der Waals surface area contributed by atoms with E-state index in [1.807, 2.05) is 0 Å². The maximum absolute atomic E-state index is 11.8. The first-order chi connectivity index (χ1) is 8.66. The number of carbonyl (C=O) groups is 1. The van der Waals surface area contributed by atoms with Gasteiger partial charge in [-0.2, -0.15) is 0 Å². The quantitative estimate of drug-likeness (QED) is 0.656. The molecule has 0 unspecified atom stereocenters. The van der Waals surface area contributed by atoms with Gasteiger partial charge < -0.3 is 19.8 Å². The van der Waals surface area contributed by atoms with Gasteiger partial charge in [0.25, 0.3) is 5.91 Å². The average molecular weight is 245 g/mol. The predicted molar refractivity (Wildman–Crippen MR) is 66.1 cm³/mol. The molecule has 92 valence electrons. The van der Waals surface area contributed by atoms with Gasteiger partial charge in [0.2, 0.25) is 0 Å². The summed E-state index contributed by atoms with van der Waals surface area (Å²) >= 11 is 0. The zero-order valence-electron chi connectivity index (χ0n) is 9.54. The number of rotatable bonds is 4. The van der Waals surface area contributed by atoms with Crippen LogP contribution in [0.15, 0.2) is 47.3 Å². The Balaban J connectivity index is 1.96. The largest absolute Gasteiger partial charge is 0.488 e. The number of benzene rings is 1. The predicted octanol–water partition coefficient (Wildman–Crippen LogP) is -0.111. The molecule has 0 aliphatic carbocycles. The van der Waals surface area contributed by atoms with Gasteiger partial charge in [0.1, 0.15) is 0 Å². The summed E-state index contributed by atoms with van der Waals surface area (Å²) in [4.78, 5) is 11.8. The molecular formula is C12H12BNO4. The number of nitrogens with one attached hydrogen (secondary N) is 1. The van der Waals surface area contributed by atoms with E-state index in [-0.39, 0.29) is 5.91 Å². The molecule has 1 aromatic carbocycles. The average Bonchev–Trinajstić information content (AvgIpc) is 2.89. The summed E-state index contributed by atoms with van der Waals surface area (Å²) in [6, 6.07) is 7.85. The van der Waals surface area contributed by atoms with Crippen molar-refractivity contribution in [2.75, 3.05) is 0 Å². The van der Waals surface area contributed by atoms with Crippen LogP contribution >= 0.6 is 0 Å². The Kier molecular flexibility index (Phi) is 3.81. The van der Waals surface area contributed by atoms with Gasteiger partial charge in [-0.3, -0.25) is 4.79 Å². The number of carbonyl (C=O) groups excluding carboxylic acids is 1. The lowest BCUT2D eigenvalue weighted by atomic mass is 9.80. The van der Waals surface area contributed by atoms with Gasteiger partial charge in [-0.1, -0.05) is 12.1 Å². The lowest BCUT2D eigenvalue weighted by Gasteiger charge is -2.04. The van der Waals surface area contributed by atoms with E-state index in [0.717, 1.165) is 5.56 Å². The minimum Gasteiger partial charge on any atom is -0.472 e. The molecule has 0 atom stereocenters. The Labute approximate surface area is 104 Å². The smallest absolute Gasteiger partial charge is 0.472 e. The fourth-order valence-corrected chi connectivity index (χ4v) is 1.48. The molecule has 0 saturated heterocycles. The molecule has 1 aromatic heterocycles. The molecule has 1 heterocycles. The highest BCUT2D eigenvalue weighted by molar-refractivity contribution is 6.58. The molecule has 1 amide bonds. The molecule has 0 aliphatic heterocycles. The molecular weight excluding hydrogens is 233 g/mol. The van der Waals surface area contributed by atoms with Crippen LogP contribution in [0.5, 0.6) is 0 Å². The van der Waals surface area contributed by atoms with E-state index in [9.17, 15) is 4.79 Å². The topological polar surface area (TPSA) is 82.7 Å². The van der Waals surface area contributed by atoms with Crippen molar-refractivity contribution in [2.45, 2.75) is 6.54 Å². The fourth-order valence-electron chi connectivity index (χ4n) is 1.48. The zero-order chi connectivity index (χ0) is 13.0.